The van der Waals surface area contributed by atoms with Gasteiger partial charge in [0.15, 0.2) is 16.0 Å². The lowest BCUT2D eigenvalue weighted by Gasteiger charge is -2.26. The number of anilines is 1. The number of alkyl halides is 1. The number of rotatable bonds is 3. The second-order valence-corrected chi connectivity index (χ2v) is 8.28. The number of nitrogens with zero attached hydrogens (tertiary/aromatic N) is 4. The number of thiazole rings is 1. The average molecular weight is 417 g/mol. The van der Waals surface area contributed by atoms with Crippen LogP contribution >= 0.6 is 11.3 Å². The molecule has 1 saturated heterocycles. The quantitative estimate of drug-likeness (QED) is 0.701. The zero-order chi connectivity index (χ0) is 20.8. The summed E-state index contributed by atoms with van der Waals surface area (Å²) in [5, 5.41) is 3.56. The SMILES string of the molecule is Cc1cccc(OC(=O)N2CCCN2c2nc3c(=O)[nH]c(C(C)(C)F)nc3s2)c1. The summed E-state index contributed by atoms with van der Waals surface area (Å²) in [6.45, 7) is 5.57. The normalized spacial score (nSPS) is 14.6. The van der Waals surface area contributed by atoms with Crippen molar-refractivity contribution in [3.63, 3.8) is 0 Å². The van der Waals surface area contributed by atoms with Crippen LogP contribution in [0.3, 0.4) is 0 Å². The molecule has 2 aromatic heterocycles. The molecule has 29 heavy (non-hydrogen) atoms. The van der Waals surface area contributed by atoms with Crippen LogP contribution in [0, 0.1) is 6.92 Å². The molecule has 3 heterocycles. The van der Waals surface area contributed by atoms with E-state index in [0.29, 0.717) is 28.8 Å². The summed E-state index contributed by atoms with van der Waals surface area (Å²) in [5.41, 5.74) is -1.19. The van der Waals surface area contributed by atoms with Gasteiger partial charge in [0.05, 0.1) is 0 Å². The van der Waals surface area contributed by atoms with E-state index in [1.807, 2.05) is 19.1 Å². The number of hydrogen-bond donors (Lipinski definition) is 1. The van der Waals surface area contributed by atoms with Crippen LogP contribution in [-0.4, -0.2) is 39.1 Å². The molecule has 1 aliphatic heterocycles. The highest BCUT2D eigenvalue weighted by atomic mass is 32.1. The van der Waals surface area contributed by atoms with Crippen LogP contribution in [0.2, 0.25) is 0 Å². The zero-order valence-electron chi connectivity index (χ0n) is 16.2. The van der Waals surface area contributed by atoms with Crippen LogP contribution in [0.15, 0.2) is 29.1 Å². The highest BCUT2D eigenvalue weighted by Gasteiger charge is 2.32. The summed E-state index contributed by atoms with van der Waals surface area (Å²) in [7, 11) is 0. The van der Waals surface area contributed by atoms with Crippen LogP contribution in [0.25, 0.3) is 10.3 Å². The first-order valence-electron chi connectivity index (χ1n) is 9.16. The highest BCUT2D eigenvalue weighted by molar-refractivity contribution is 7.21. The van der Waals surface area contributed by atoms with Gasteiger partial charge in [-0.05, 0) is 44.9 Å². The van der Waals surface area contributed by atoms with Crippen molar-refractivity contribution in [2.24, 2.45) is 0 Å². The van der Waals surface area contributed by atoms with Gasteiger partial charge < -0.3 is 9.72 Å². The van der Waals surface area contributed by atoms with Crippen molar-refractivity contribution < 1.29 is 13.9 Å². The third kappa shape index (κ3) is 3.80. The molecule has 1 amide bonds. The summed E-state index contributed by atoms with van der Waals surface area (Å²) in [6.07, 6.45) is 0.200. The van der Waals surface area contributed by atoms with Crippen molar-refractivity contribution in [1.29, 1.82) is 0 Å². The minimum atomic E-state index is -1.78. The van der Waals surface area contributed by atoms with Crippen molar-refractivity contribution in [2.45, 2.75) is 32.9 Å². The number of halogens is 1. The number of ether oxygens (including phenoxy) is 1. The molecule has 0 spiro atoms. The number of fused-ring (bicyclic) bond motifs is 1. The van der Waals surface area contributed by atoms with E-state index in [1.54, 1.807) is 17.1 Å². The van der Waals surface area contributed by atoms with Crippen molar-refractivity contribution in [1.82, 2.24) is 20.0 Å². The van der Waals surface area contributed by atoms with Crippen LogP contribution in [0.5, 0.6) is 5.75 Å². The predicted octanol–water partition coefficient (Wildman–Crippen LogP) is 3.52. The van der Waals surface area contributed by atoms with Crippen LogP contribution < -0.4 is 15.3 Å². The second kappa shape index (κ2) is 7.11. The molecule has 4 rings (SSSR count). The number of aryl methyl sites for hydroxylation is 1. The minimum absolute atomic E-state index is 0.0534. The average Bonchev–Trinajstić information content (AvgIpc) is 3.27. The predicted molar refractivity (Wildman–Crippen MR) is 108 cm³/mol. The Hall–Kier alpha value is -3.01. The molecule has 1 aliphatic rings. The van der Waals surface area contributed by atoms with Gasteiger partial charge >= 0.3 is 6.09 Å². The number of amides is 1. The summed E-state index contributed by atoms with van der Waals surface area (Å²) < 4.78 is 19.7. The van der Waals surface area contributed by atoms with E-state index in [0.717, 1.165) is 23.3 Å². The van der Waals surface area contributed by atoms with E-state index in [-0.39, 0.29) is 11.3 Å². The maximum absolute atomic E-state index is 14.2. The van der Waals surface area contributed by atoms with Crippen molar-refractivity contribution in [3.05, 3.63) is 46.0 Å². The van der Waals surface area contributed by atoms with E-state index >= 15 is 0 Å². The second-order valence-electron chi connectivity index (χ2n) is 7.32. The third-order valence-electron chi connectivity index (χ3n) is 4.48. The molecular weight excluding hydrogens is 397 g/mol. The molecule has 0 atom stereocenters. The molecule has 0 unspecified atom stereocenters. The number of aromatic nitrogens is 3. The van der Waals surface area contributed by atoms with Crippen molar-refractivity contribution >= 4 is 32.9 Å². The fourth-order valence-electron chi connectivity index (χ4n) is 3.05. The van der Waals surface area contributed by atoms with Crippen LogP contribution in [0.1, 0.15) is 31.7 Å². The largest absolute Gasteiger partial charge is 0.434 e. The summed E-state index contributed by atoms with van der Waals surface area (Å²) >= 11 is 1.14. The van der Waals surface area contributed by atoms with Gasteiger partial charge in [-0.2, -0.15) is 0 Å². The Labute approximate surface area is 169 Å². The Balaban J connectivity index is 1.63. The van der Waals surface area contributed by atoms with E-state index in [4.69, 9.17) is 4.74 Å². The Morgan fingerprint density at radius 1 is 1.31 bits per heavy atom. The lowest BCUT2D eigenvalue weighted by Crippen LogP contribution is -2.43. The number of H-pyrrole nitrogens is 1. The Morgan fingerprint density at radius 2 is 2.10 bits per heavy atom. The number of benzene rings is 1. The number of carbonyl (C=O) groups excluding carboxylic acids is 1. The van der Waals surface area contributed by atoms with Crippen molar-refractivity contribution in [3.8, 4) is 5.75 Å². The molecule has 10 heteroatoms. The molecule has 152 valence electrons. The van der Waals surface area contributed by atoms with E-state index < -0.39 is 17.3 Å². The molecular formula is C19H20FN5O3S. The van der Waals surface area contributed by atoms with Gasteiger partial charge in [-0.3, -0.25) is 9.80 Å². The maximum atomic E-state index is 14.2. The van der Waals surface area contributed by atoms with Gasteiger partial charge in [-0.1, -0.05) is 23.5 Å². The first-order valence-corrected chi connectivity index (χ1v) is 9.98. The first-order chi connectivity index (χ1) is 13.7. The lowest BCUT2D eigenvalue weighted by molar-refractivity contribution is 0.158. The van der Waals surface area contributed by atoms with E-state index in [2.05, 4.69) is 15.0 Å². The van der Waals surface area contributed by atoms with Gasteiger partial charge in [-0.25, -0.2) is 24.2 Å². The standard InChI is InChI=1S/C19H20FN5O3S/c1-11-6-4-7-12(10-11)28-18(27)25-9-5-8-24(25)17-21-13-14(26)22-16(19(2,3)20)23-15(13)29-17/h4,6-7,10H,5,8-9H2,1-3H3,(H,22,23,26). The van der Waals surface area contributed by atoms with Gasteiger partial charge in [0, 0.05) is 13.1 Å². The minimum Gasteiger partial charge on any atom is -0.409 e. The molecule has 0 saturated carbocycles. The maximum Gasteiger partial charge on any atom is 0.434 e. The molecule has 0 bridgehead atoms. The molecule has 1 aromatic carbocycles. The third-order valence-corrected chi connectivity index (χ3v) is 5.44. The number of aromatic amines is 1. The summed E-state index contributed by atoms with van der Waals surface area (Å²) in [4.78, 5) is 36.3. The molecule has 3 aromatic rings. The molecule has 1 fully saturated rings. The van der Waals surface area contributed by atoms with Gasteiger partial charge in [0.2, 0.25) is 5.13 Å². The van der Waals surface area contributed by atoms with Crippen molar-refractivity contribution in [2.75, 3.05) is 18.1 Å². The van der Waals surface area contributed by atoms with Gasteiger partial charge in [0.25, 0.3) is 5.56 Å². The van der Waals surface area contributed by atoms with E-state index in [9.17, 15) is 14.0 Å². The van der Waals surface area contributed by atoms with Crippen LogP contribution in [-0.2, 0) is 5.67 Å². The topological polar surface area (TPSA) is 91.4 Å². The van der Waals surface area contributed by atoms with E-state index in [1.165, 1.54) is 18.9 Å². The Morgan fingerprint density at radius 3 is 2.83 bits per heavy atom. The van der Waals surface area contributed by atoms with Crippen LogP contribution in [0.4, 0.5) is 14.3 Å². The fraction of sp³-hybridized carbons (Fsp3) is 0.368. The Bertz CT molecular complexity index is 1140. The first kappa shape index (κ1) is 19.3. The Kier molecular flexibility index (Phi) is 4.73. The number of hydrogen-bond acceptors (Lipinski definition) is 7. The molecule has 8 nitrogen and oxygen atoms in total. The fourth-order valence-corrected chi connectivity index (χ4v) is 4.02. The van der Waals surface area contributed by atoms with Gasteiger partial charge in [0.1, 0.15) is 11.6 Å². The highest BCUT2D eigenvalue weighted by Crippen LogP contribution is 2.31. The zero-order valence-corrected chi connectivity index (χ0v) is 17.0. The number of carbonyl (C=O) groups is 1. The summed E-state index contributed by atoms with van der Waals surface area (Å²) in [5.74, 6) is 0.404. The summed E-state index contributed by atoms with van der Waals surface area (Å²) in [6, 6.07) is 7.22. The monoisotopic (exact) mass is 417 g/mol. The number of hydrazine groups is 1. The molecule has 1 N–H and O–H groups in total. The molecule has 0 radical (unpaired) electrons. The number of nitrogens with one attached hydrogen (secondary N) is 1. The smallest absolute Gasteiger partial charge is 0.409 e. The van der Waals surface area contributed by atoms with Gasteiger partial charge in [-0.15, -0.1) is 0 Å². The molecule has 0 aliphatic carbocycles. The lowest BCUT2D eigenvalue weighted by atomic mass is 10.1.